The van der Waals surface area contributed by atoms with Crippen molar-refractivity contribution < 1.29 is 9.53 Å². The molecule has 0 aliphatic carbocycles. The molecular formula is C19H24BrN3O2. The molecule has 0 spiro atoms. The number of nitrogens with one attached hydrogen (secondary N) is 1. The molecule has 1 fully saturated rings. The van der Waals surface area contributed by atoms with Crippen molar-refractivity contribution in [2.24, 2.45) is 0 Å². The molecule has 1 amide bonds. The van der Waals surface area contributed by atoms with Gasteiger partial charge in [0.25, 0.3) is 0 Å². The van der Waals surface area contributed by atoms with E-state index in [1.807, 2.05) is 39.1 Å². The Kier molecular flexibility index (Phi) is 5.18. The van der Waals surface area contributed by atoms with Gasteiger partial charge in [0.05, 0.1) is 11.9 Å². The molecule has 0 radical (unpaired) electrons. The normalized spacial score (nSPS) is 16.1. The highest BCUT2D eigenvalue weighted by molar-refractivity contribution is 9.10. The van der Waals surface area contributed by atoms with Crippen LogP contribution in [0.2, 0.25) is 0 Å². The van der Waals surface area contributed by atoms with Crippen molar-refractivity contribution in [1.29, 1.82) is 0 Å². The van der Waals surface area contributed by atoms with E-state index in [4.69, 9.17) is 4.74 Å². The van der Waals surface area contributed by atoms with E-state index >= 15 is 0 Å². The Morgan fingerprint density at radius 1 is 1.24 bits per heavy atom. The number of imidazole rings is 1. The minimum atomic E-state index is -0.450. The highest BCUT2D eigenvalue weighted by Crippen LogP contribution is 2.29. The zero-order chi connectivity index (χ0) is 18.0. The number of aromatic amines is 1. The molecule has 2 heterocycles. The number of halogens is 1. The minimum Gasteiger partial charge on any atom is -0.444 e. The first kappa shape index (κ1) is 18.0. The van der Waals surface area contributed by atoms with Gasteiger partial charge in [-0.25, -0.2) is 9.78 Å². The van der Waals surface area contributed by atoms with Crippen molar-refractivity contribution in [3.05, 3.63) is 40.8 Å². The number of hydrogen-bond donors (Lipinski definition) is 1. The summed E-state index contributed by atoms with van der Waals surface area (Å²) in [6.07, 6.45) is 3.46. The van der Waals surface area contributed by atoms with Crippen LogP contribution >= 0.6 is 15.9 Å². The van der Waals surface area contributed by atoms with Crippen molar-refractivity contribution in [3.8, 4) is 11.3 Å². The van der Waals surface area contributed by atoms with E-state index in [0.717, 1.165) is 34.4 Å². The molecule has 0 atom stereocenters. The topological polar surface area (TPSA) is 58.2 Å². The largest absolute Gasteiger partial charge is 0.444 e. The molecule has 1 aliphatic heterocycles. The number of likely N-dealkylation sites (tertiary alicyclic amines) is 1. The van der Waals surface area contributed by atoms with E-state index in [2.05, 4.69) is 38.0 Å². The molecular weight excluding hydrogens is 382 g/mol. The van der Waals surface area contributed by atoms with Gasteiger partial charge < -0.3 is 14.6 Å². The zero-order valence-corrected chi connectivity index (χ0v) is 16.5. The van der Waals surface area contributed by atoms with Crippen molar-refractivity contribution in [2.75, 3.05) is 13.1 Å². The molecule has 2 aromatic rings. The Labute approximate surface area is 156 Å². The number of carbonyl (C=O) groups excluding carboxylic acids is 1. The third kappa shape index (κ3) is 4.63. The summed E-state index contributed by atoms with van der Waals surface area (Å²) in [6.45, 7) is 7.08. The van der Waals surface area contributed by atoms with Gasteiger partial charge in [0.1, 0.15) is 11.4 Å². The number of aromatic nitrogens is 2. The van der Waals surface area contributed by atoms with Crippen molar-refractivity contribution in [1.82, 2.24) is 14.9 Å². The lowest BCUT2D eigenvalue weighted by Gasteiger charge is -2.32. The Morgan fingerprint density at radius 3 is 2.48 bits per heavy atom. The summed E-state index contributed by atoms with van der Waals surface area (Å²) in [4.78, 5) is 21.9. The van der Waals surface area contributed by atoms with Crippen molar-refractivity contribution >= 4 is 22.0 Å². The summed E-state index contributed by atoms with van der Waals surface area (Å²) in [5, 5.41) is 0. The SMILES string of the molecule is CC(C)(C)OC(=O)N1CCC(c2ncc(-c3ccc(Br)cc3)[nH]2)CC1. The third-order valence-corrected chi connectivity index (χ3v) is 4.81. The third-order valence-electron chi connectivity index (χ3n) is 4.28. The van der Waals surface area contributed by atoms with Gasteiger partial charge in [-0.2, -0.15) is 0 Å². The quantitative estimate of drug-likeness (QED) is 0.768. The van der Waals surface area contributed by atoms with Crippen LogP contribution in [-0.4, -0.2) is 39.7 Å². The van der Waals surface area contributed by atoms with E-state index in [1.165, 1.54) is 0 Å². The Balaban J connectivity index is 1.60. The Hall–Kier alpha value is -1.82. The fourth-order valence-corrected chi connectivity index (χ4v) is 3.25. The average Bonchev–Trinajstić information content (AvgIpc) is 3.04. The fourth-order valence-electron chi connectivity index (χ4n) is 2.98. The van der Waals surface area contributed by atoms with Crippen LogP contribution in [0.5, 0.6) is 0 Å². The highest BCUT2D eigenvalue weighted by Gasteiger charge is 2.28. The van der Waals surface area contributed by atoms with Crippen LogP contribution in [0.25, 0.3) is 11.3 Å². The lowest BCUT2D eigenvalue weighted by Crippen LogP contribution is -2.41. The molecule has 1 aromatic carbocycles. The predicted octanol–water partition coefficient (Wildman–Crippen LogP) is 4.95. The first-order valence-electron chi connectivity index (χ1n) is 8.60. The van der Waals surface area contributed by atoms with Gasteiger partial charge >= 0.3 is 6.09 Å². The molecule has 1 aromatic heterocycles. The number of ether oxygens (including phenoxy) is 1. The first-order valence-corrected chi connectivity index (χ1v) is 9.40. The van der Waals surface area contributed by atoms with Crippen LogP contribution in [0.3, 0.4) is 0 Å². The molecule has 3 rings (SSSR count). The number of amides is 1. The van der Waals surface area contributed by atoms with Crippen molar-refractivity contribution in [3.63, 3.8) is 0 Å². The van der Waals surface area contributed by atoms with E-state index in [9.17, 15) is 4.79 Å². The molecule has 6 heteroatoms. The maximum absolute atomic E-state index is 12.1. The summed E-state index contributed by atoms with van der Waals surface area (Å²) in [5.74, 6) is 1.35. The molecule has 5 nitrogen and oxygen atoms in total. The van der Waals surface area contributed by atoms with E-state index in [1.54, 1.807) is 4.90 Å². The zero-order valence-electron chi connectivity index (χ0n) is 14.9. The van der Waals surface area contributed by atoms with Gasteiger partial charge in [-0.3, -0.25) is 0 Å². The number of nitrogens with zero attached hydrogens (tertiary/aromatic N) is 2. The molecule has 1 saturated heterocycles. The second kappa shape index (κ2) is 7.20. The Bertz CT molecular complexity index is 726. The van der Waals surface area contributed by atoms with E-state index < -0.39 is 5.60 Å². The summed E-state index contributed by atoms with van der Waals surface area (Å²) in [6, 6.07) is 8.17. The fraction of sp³-hybridized carbons (Fsp3) is 0.474. The minimum absolute atomic E-state index is 0.221. The van der Waals surface area contributed by atoms with Crippen LogP contribution in [0, 0.1) is 0 Å². The lowest BCUT2D eigenvalue weighted by molar-refractivity contribution is 0.0203. The van der Waals surface area contributed by atoms with E-state index in [-0.39, 0.29) is 6.09 Å². The maximum atomic E-state index is 12.1. The van der Waals surface area contributed by atoms with E-state index in [0.29, 0.717) is 19.0 Å². The molecule has 0 unspecified atom stereocenters. The summed E-state index contributed by atoms with van der Waals surface area (Å²) >= 11 is 3.45. The van der Waals surface area contributed by atoms with Crippen molar-refractivity contribution in [2.45, 2.75) is 45.1 Å². The number of rotatable bonds is 2. The second-order valence-corrected chi connectivity index (χ2v) is 8.35. The van der Waals surface area contributed by atoms with Gasteiger partial charge in [-0.15, -0.1) is 0 Å². The maximum Gasteiger partial charge on any atom is 0.410 e. The summed E-state index contributed by atoms with van der Waals surface area (Å²) < 4.78 is 6.51. The summed E-state index contributed by atoms with van der Waals surface area (Å²) in [5.41, 5.74) is 1.69. The van der Waals surface area contributed by atoms with Crippen LogP contribution in [0.1, 0.15) is 45.4 Å². The molecule has 0 saturated carbocycles. The van der Waals surface area contributed by atoms with Gasteiger partial charge in [0.15, 0.2) is 0 Å². The lowest BCUT2D eigenvalue weighted by atomic mass is 9.96. The predicted molar refractivity (Wildman–Crippen MR) is 102 cm³/mol. The molecule has 0 bridgehead atoms. The average molecular weight is 406 g/mol. The summed E-state index contributed by atoms with van der Waals surface area (Å²) in [7, 11) is 0. The standard InChI is InChI=1S/C19H24BrN3O2/c1-19(2,3)25-18(24)23-10-8-14(9-11-23)17-21-12-16(22-17)13-4-6-15(20)7-5-13/h4-7,12,14H,8-11H2,1-3H3,(H,21,22). The molecule has 134 valence electrons. The highest BCUT2D eigenvalue weighted by atomic mass is 79.9. The van der Waals surface area contributed by atoms with Gasteiger partial charge in [-0.1, -0.05) is 28.1 Å². The first-order chi connectivity index (χ1) is 11.8. The van der Waals surface area contributed by atoms with Gasteiger partial charge in [0, 0.05) is 23.5 Å². The van der Waals surface area contributed by atoms with Crippen LogP contribution in [-0.2, 0) is 4.74 Å². The molecule has 1 aliphatic rings. The number of benzene rings is 1. The van der Waals surface area contributed by atoms with Crippen LogP contribution < -0.4 is 0 Å². The molecule has 1 N–H and O–H groups in total. The number of piperidine rings is 1. The number of H-pyrrole nitrogens is 1. The van der Waals surface area contributed by atoms with Crippen LogP contribution in [0.4, 0.5) is 4.79 Å². The number of carbonyl (C=O) groups is 1. The van der Waals surface area contributed by atoms with Crippen LogP contribution in [0.15, 0.2) is 34.9 Å². The monoisotopic (exact) mass is 405 g/mol. The Morgan fingerprint density at radius 2 is 1.88 bits per heavy atom. The second-order valence-electron chi connectivity index (χ2n) is 7.43. The molecule has 25 heavy (non-hydrogen) atoms. The van der Waals surface area contributed by atoms with Gasteiger partial charge in [0.2, 0.25) is 0 Å². The smallest absolute Gasteiger partial charge is 0.410 e. The van der Waals surface area contributed by atoms with Gasteiger partial charge in [-0.05, 0) is 51.3 Å². The number of hydrogen-bond acceptors (Lipinski definition) is 3.